The van der Waals surface area contributed by atoms with E-state index in [4.69, 9.17) is 27.9 Å². The Hall–Kier alpha value is -0.980. The number of halogens is 3. The fourth-order valence-electron chi connectivity index (χ4n) is 2.45. The highest BCUT2D eigenvalue weighted by molar-refractivity contribution is 14.1. The number of rotatable bonds is 9. The van der Waals surface area contributed by atoms with Crippen molar-refractivity contribution in [3.05, 3.63) is 55.6 Å². The van der Waals surface area contributed by atoms with E-state index in [0.717, 1.165) is 22.1 Å². The monoisotopic (exact) mass is 505 g/mol. The summed E-state index contributed by atoms with van der Waals surface area (Å²) < 4.78 is 6.82. The molecule has 0 aromatic heterocycles. The van der Waals surface area contributed by atoms with Crippen molar-refractivity contribution < 1.29 is 9.53 Å². The predicted molar refractivity (Wildman–Crippen MR) is 118 cm³/mol. The molecule has 140 valence electrons. The number of carbonyl (C=O) groups excluding carboxylic acids is 1. The molecule has 2 rings (SSSR count). The first-order valence-electron chi connectivity index (χ1n) is 8.70. The standard InChI is InChI=1S/C20H22Cl2INO2/c1-2-3-4-5-6-11-26-19-17(21)12-14(13-18(19)22)20(25)24-16-9-7-15(23)8-10-16/h7-10,12-13H,2-6,11H2,1H3,(H,24,25). The zero-order valence-electron chi connectivity index (χ0n) is 14.7. The molecule has 0 fully saturated rings. The lowest BCUT2D eigenvalue weighted by atomic mass is 10.1. The van der Waals surface area contributed by atoms with Crippen molar-refractivity contribution in [3.63, 3.8) is 0 Å². The third-order valence-electron chi connectivity index (χ3n) is 3.86. The van der Waals surface area contributed by atoms with E-state index in [-0.39, 0.29) is 5.91 Å². The first kappa shape index (κ1) is 21.3. The number of amides is 1. The number of ether oxygens (including phenoxy) is 1. The minimum atomic E-state index is -0.263. The van der Waals surface area contributed by atoms with Gasteiger partial charge in [0.05, 0.1) is 16.7 Å². The van der Waals surface area contributed by atoms with Crippen molar-refractivity contribution in [2.45, 2.75) is 39.0 Å². The second-order valence-corrected chi connectivity index (χ2v) is 8.05. The van der Waals surface area contributed by atoms with Gasteiger partial charge >= 0.3 is 0 Å². The van der Waals surface area contributed by atoms with Gasteiger partial charge in [0, 0.05) is 14.8 Å². The minimum Gasteiger partial charge on any atom is -0.490 e. The quantitative estimate of drug-likeness (QED) is 0.289. The highest BCUT2D eigenvalue weighted by Crippen LogP contribution is 2.34. The molecule has 0 radical (unpaired) electrons. The highest BCUT2D eigenvalue weighted by atomic mass is 127. The fourth-order valence-corrected chi connectivity index (χ4v) is 3.40. The molecule has 1 N–H and O–H groups in total. The van der Waals surface area contributed by atoms with Crippen molar-refractivity contribution in [1.82, 2.24) is 0 Å². The zero-order valence-corrected chi connectivity index (χ0v) is 18.3. The van der Waals surface area contributed by atoms with Crippen molar-refractivity contribution in [3.8, 4) is 5.75 Å². The van der Waals surface area contributed by atoms with Crippen LogP contribution in [0.3, 0.4) is 0 Å². The number of hydrogen-bond acceptors (Lipinski definition) is 2. The van der Waals surface area contributed by atoms with E-state index in [0.29, 0.717) is 28.0 Å². The van der Waals surface area contributed by atoms with Gasteiger partial charge in [0.1, 0.15) is 0 Å². The molecule has 2 aromatic carbocycles. The second-order valence-electron chi connectivity index (χ2n) is 5.99. The lowest BCUT2D eigenvalue weighted by Gasteiger charge is -2.12. The molecular formula is C20H22Cl2INO2. The summed E-state index contributed by atoms with van der Waals surface area (Å²) in [6, 6.07) is 10.7. The van der Waals surface area contributed by atoms with Crippen LogP contribution in [0.25, 0.3) is 0 Å². The summed E-state index contributed by atoms with van der Waals surface area (Å²) in [6.45, 7) is 2.75. The van der Waals surface area contributed by atoms with E-state index in [1.807, 2.05) is 24.3 Å². The molecule has 0 aliphatic rings. The van der Waals surface area contributed by atoms with Crippen LogP contribution in [0.2, 0.25) is 10.0 Å². The van der Waals surface area contributed by atoms with Crippen LogP contribution in [0.1, 0.15) is 49.4 Å². The first-order chi connectivity index (χ1) is 12.5. The van der Waals surface area contributed by atoms with Gasteiger partial charge in [0.2, 0.25) is 0 Å². The molecule has 0 saturated heterocycles. The molecule has 0 bridgehead atoms. The Morgan fingerprint density at radius 2 is 1.65 bits per heavy atom. The summed E-state index contributed by atoms with van der Waals surface area (Å²) >= 11 is 14.8. The van der Waals surface area contributed by atoms with Gasteiger partial charge in [0.25, 0.3) is 5.91 Å². The number of nitrogens with one attached hydrogen (secondary N) is 1. The number of anilines is 1. The largest absolute Gasteiger partial charge is 0.490 e. The Balaban J connectivity index is 1.96. The highest BCUT2D eigenvalue weighted by Gasteiger charge is 2.14. The molecule has 2 aromatic rings. The Kier molecular flexibility index (Phi) is 9.02. The van der Waals surface area contributed by atoms with E-state index < -0.39 is 0 Å². The van der Waals surface area contributed by atoms with Gasteiger partial charge in [0.15, 0.2) is 5.75 Å². The van der Waals surface area contributed by atoms with Crippen LogP contribution in [-0.2, 0) is 0 Å². The molecule has 0 aliphatic heterocycles. The predicted octanol–water partition coefficient (Wildman–Crippen LogP) is 7.20. The Morgan fingerprint density at radius 3 is 2.27 bits per heavy atom. The van der Waals surface area contributed by atoms with Gasteiger partial charge in [-0.05, 0) is 65.4 Å². The van der Waals surface area contributed by atoms with E-state index in [9.17, 15) is 4.79 Å². The molecule has 26 heavy (non-hydrogen) atoms. The third kappa shape index (κ3) is 6.63. The van der Waals surface area contributed by atoms with Gasteiger partial charge in [-0.15, -0.1) is 0 Å². The van der Waals surface area contributed by atoms with E-state index in [1.54, 1.807) is 12.1 Å². The summed E-state index contributed by atoms with van der Waals surface area (Å²) in [6.07, 6.45) is 5.75. The van der Waals surface area contributed by atoms with E-state index >= 15 is 0 Å². The molecule has 0 atom stereocenters. The first-order valence-corrected chi connectivity index (χ1v) is 10.5. The summed E-state index contributed by atoms with van der Waals surface area (Å²) in [4.78, 5) is 12.4. The summed E-state index contributed by atoms with van der Waals surface area (Å²) in [5, 5.41) is 3.52. The van der Waals surface area contributed by atoms with Crippen LogP contribution in [0.5, 0.6) is 5.75 Å². The SMILES string of the molecule is CCCCCCCOc1c(Cl)cc(C(=O)Nc2ccc(I)cc2)cc1Cl. The Bertz CT molecular complexity index is 712. The second kappa shape index (κ2) is 11.0. The smallest absolute Gasteiger partial charge is 0.255 e. The van der Waals surface area contributed by atoms with Crippen LogP contribution in [-0.4, -0.2) is 12.5 Å². The molecular weight excluding hydrogens is 484 g/mol. The van der Waals surface area contributed by atoms with Crippen molar-refractivity contribution in [2.24, 2.45) is 0 Å². The molecule has 0 spiro atoms. The topological polar surface area (TPSA) is 38.3 Å². The summed E-state index contributed by atoms with van der Waals surface area (Å²) in [7, 11) is 0. The van der Waals surface area contributed by atoms with Gasteiger partial charge in [-0.1, -0.05) is 55.8 Å². The Labute approximate surface area is 178 Å². The number of benzene rings is 2. The summed E-state index contributed by atoms with van der Waals surface area (Å²) in [5.74, 6) is 0.177. The van der Waals surface area contributed by atoms with Crippen molar-refractivity contribution in [2.75, 3.05) is 11.9 Å². The molecule has 0 saturated carbocycles. The Morgan fingerprint density at radius 1 is 1.04 bits per heavy atom. The maximum atomic E-state index is 12.4. The van der Waals surface area contributed by atoms with Crippen molar-refractivity contribution >= 4 is 57.4 Å². The van der Waals surface area contributed by atoms with Crippen LogP contribution in [0, 0.1) is 3.57 Å². The number of carbonyl (C=O) groups is 1. The third-order valence-corrected chi connectivity index (χ3v) is 5.14. The van der Waals surface area contributed by atoms with Crippen LogP contribution < -0.4 is 10.1 Å². The van der Waals surface area contributed by atoms with Gasteiger partial charge in [-0.25, -0.2) is 0 Å². The lowest BCUT2D eigenvalue weighted by Crippen LogP contribution is -2.12. The molecule has 1 amide bonds. The molecule has 3 nitrogen and oxygen atoms in total. The van der Waals surface area contributed by atoms with E-state index in [2.05, 4.69) is 34.8 Å². The summed E-state index contributed by atoms with van der Waals surface area (Å²) in [5.41, 5.74) is 1.11. The maximum absolute atomic E-state index is 12.4. The normalized spacial score (nSPS) is 10.6. The average molecular weight is 506 g/mol. The average Bonchev–Trinajstić information content (AvgIpc) is 2.61. The molecule has 6 heteroatoms. The van der Waals surface area contributed by atoms with Crippen LogP contribution in [0.4, 0.5) is 5.69 Å². The van der Waals surface area contributed by atoms with Gasteiger partial charge in [-0.2, -0.15) is 0 Å². The number of unbranched alkanes of at least 4 members (excludes halogenated alkanes) is 4. The molecule has 0 heterocycles. The van der Waals surface area contributed by atoms with Gasteiger partial charge < -0.3 is 10.1 Å². The number of hydrogen-bond donors (Lipinski definition) is 1. The van der Waals surface area contributed by atoms with E-state index in [1.165, 1.54) is 19.3 Å². The minimum absolute atomic E-state index is 0.263. The molecule has 0 unspecified atom stereocenters. The zero-order chi connectivity index (χ0) is 18.9. The van der Waals surface area contributed by atoms with Crippen LogP contribution >= 0.6 is 45.8 Å². The maximum Gasteiger partial charge on any atom is 0.255 e. The van der Waals surface area contributed by atoms with Gasteiger partial charge in [-0.3, -0.25) is 4.79 Å². The lowest BCUT2D eigenvalue weighted by molar-refractivity contribution is 0.102. The van der Waals surface area contributed by atoms with Crippen molar-refractivity contribution in [1.29, 1.82) is 0 Å². The van der Waals surface area contributed by atoms with Crippen LogP contribution in [0.15, 0.2) is 36.4 Å². The molecule has 0 aliphatic carbocycles. The fraction of sp³-hybridized carbons (Fsp3) is 0.350.